The zero-order valence-corrected chi connectivity index (χ0v) is 15.8. The van der Waals surface area contributed by atoms with Crippen LogP contribution in [0.3, 0.4) is 0 Å². The van der Waals surface area contributed by atoms with E-state index in [4.69, 9.17) is 4.98 Å². The van der Waals surface area contributed by atoms with Gasteiger partial charge >= 0.3 is 0 Å². The first-order valence-corrected chi connectivity index (χ1v) is 10.1. The van der Waals surface area contributed by atoms with Crippen molar-refractivity contribution >= 4 is 10.9 Å². The van der Waals surface area contributed by atoms with Gasteiger partial charge in [0.2, 0.25) is 0 Å². The molecule has 0 unspecified atom stereocenters. The van der Waals surface area contributed by atoms with Crippen LogP contribution in [0.1, 0.15) is 11.1 Å². The SMILES string of the molecule is c1ccc2c(c1)Cc1cc(-c3cc4c5c(cccc5n3)-c3ccccc3-4)ccc1-2. The number of benzene rings is 4. The predicted octanol–water partition coefficient (Wildman–Crippen LogP) is 7.12. The molecule has 0 aliphatic heterocycles. The second-order valence-corrected chi connectivity index (χ2v) is 8.01. The maximum Gasteiger partial charge on any atom is 0.0722 e. The molecule has 0 atom stereocenters. The summed E-state index contributed by atoms with van der Waals surface area (Å²) in [5.41, 5.74) is 14.1. The molecular formula is C28H17N. The fourth-order valence-corrected chi connectivity index (χ4v) is 5.13. The largest absolute Gasteiger partial charge is 0.248 e. The molecule has 0 saturated carbocycles. The summed E-state index contributed by atoms with van der Waals surface area (Å²) in [6.07, 6.45) is 1.01. The molecule has 1 heteroatoms. The topological polar surface area (TPSA) is 12.9 Å². The molecule has 0 amide bonds. The van der Waals surface area contributed by atoms with Crippen LogP contribution in [0.2, 0.25) is 0 Å². The van der Waals surface area contributed by atoms with Crippen molar-refractivity contribution in [3.05, 3.63) is 102 Å². The first-order valence-electron chi connectivity index (χ1n) is 10.1. The highest BCUT2D eigenvalue weighted by Gasteiger charge is 2.23. The molecular weight excluding hydrogens is 350 g/mol. The van der Waals surface area contributed by atoms with Crippen molar-refractivity contribution in [3.63, 3.8) is 0 Å². The maximum atomic E-state index is 5.06. The van der Waals surface area contributed by atoms with E-state index < -0.39 is 0 Å². The quantitative estimate of drug-likeness (QED) is 0.301. The lowest BCUT2D eigenvalue weighted by Crippen LogP contribution is -1.89. The molecule has 134 valence electrons. The molecule has 0 fully saturated rings. The number of nitrogens with zero attached hydrogens (tertiary/aromatic N) is 1. The molecule has 1 nitrogen and oxygen atoms in total. The second-order valence-electron chi connectivity index (χ2n) is 8.01. The fourth-order valence-electron chi connectivity index (χ4n) is 5.13. The number of rotatable bonds is 1. The molecule has 0 spiro atoms. The first kappa shape index (κ1) is 15.2. The number of pyridine rings is 1. The fraction of sp³-hybridized carbons (Fsp3) is 0.0357. The van der Waals surface area contributed by atoms with Gasteiger partial charge in [-0.25, -0.2) is 4.98 Å². The monoisotopic (exact) mass is 367 g/mol. The standard InChI is InChI=1S/C28H17N/c1-2-7-20-17(6-1)14-19-15-18(12-13-21(19)20)27-16-25-23-9-4-3-8-22(23)24-10-5-11-26(29-27)28(24)25/h1-13,15-16H,14H2. The van der Waals surface area contributed by atoms with Crippen molar-refractivity contribution in [2.45, 2.75) is 6.42 Å². The molecule has 2 aliphatic rings. The number of hydrogen-bond acceptors (Lipinski definition) is 1. The molecule has 1 aromatic heterocycles. The van der Waals surface area contributed by atoms with Gasteiger partial charge in [-0.3, -0.25) is 0 Å². The molecule has 4 aromatic carbocycles. The Bertz CT molecular complexity index is 1480. The van der Waals surface area contributed by atoms with Gasteiger partial charge < -0.3 is 0 Å². The lowest BCUT2D eigenvalue weighted by atomic mass is 9.99. The van der Waals surface area contributed by atoms with Gasteiger partial charge in [0.05, 0.1) is 11.2 Å². The Kier molecular flexibility index (Phi) is 2.85. The smallest absolute Gasteiger partial charge is 0.0722 e. The van der Waals surface area contributed by atoms with E-state index in [-0.39, 0.29) is 0 Å². The Morgan fingerprint density at radius 1 is 0.517 bits per heavy atom. The number of hydrogen-bond donors (Lipinski definition) is 0. The van der Waals surface area contributed by atoms with Gasteiger partial charge in [0.25, 0.3) is 0 Å². The zero-order valence-electron chi connectivity index (χ0n) is 15.8. The minimum atomic E-state index is 1.01. The van der Waals surface area contributed by atoms with Crippen molar-refractivity contribution in [1.82, 2.24) is 4.98 Å². The van der Waals surface area contributed by atoms with Crippen molar-refractivity contribution in [3.8, 4) is 44.6 Å². The predicted molar refractivity (Wildman–Crippen MR) is 120 cm³/mol. The van der Waals surface area contributed by atoms with Gasteiger partial charge in [0.1, 0.15) is 0 Å². The van der Waals surface area contributed by atoms with Gasteiger partial charge in [-0.05, 0) is 69.1 Å². The summed E-state index contributed by atoms with van der Waals surface area (Å²) < 4.78 is 0. The van der Waals surface area contributed by atoms with Gasteiger partial charge in [0, 0.05) is 10.9 Å². The van der Waals surface area contributed by atoms with E-state index in [0.29, 0.717) is 0 Å². The third-order valence-corrected chi connectivity index (χ3v) is 6.43. The van der Waals surface area contributed by atoms with Crippen LogP contribution < -0.4 is 0 Å². The van der Waals surface area contributed by atoms with Crippen LogP contribution >= 0.6 is 0 Å². The van der Waals surface area contributed by atoms with E-state index in [0.717, 1.165) is 17.6 Å². The van der Waals surface area contributed by atoms with Crippen LogP contribution in [-0.2, 0) is 6.42 Å². The molecule has 0 bridgehead atoms. The molecule has 29 heavy (non-hydrogen) atoms. The lowest BCUT2D eigenvalue weighted by molar-refractivity contribution is 1.26. The number of aromatic nitrogens is 1. The van der Waals surface area contributed by atoms with Crippen LogP contribution in [0.5, 0.6) is 0 Å². The maximum absolute atomic E-state index is 5.06. The molecule has 0 N–H and O–H groups in total. The molecule has 1 heterocycles. The minimum absolute atomic E-state index is 1.01. The van der Waals surface area contributed by atoms with E-state index in [1.54, 1.807) is 0 Å². The van der Waals surface area contributed by atoms with Crippen LogP contribution in [0, 0.1) is 0 Å². The highest BCUT2D eigenvalue weighted by Crippen LogP contribution is 2.48. The highest BCUT2D eigenvalue weighted by atomic mass is 14.7. The molecule has 0 radical (unpaired) electrons. The summed E-state index contributed by atoms with van der Waals surface area (Å²) >= 11 is 0. The first-order chi connectivity index (χ1) is 14.4. The zero-order chi connectivity index (χ0) is 18.9. The van der Waals surface area contributed by atoms with E-state index in [2.05, 4.69) is 91.0 Å². The third-order valence-electron chi connectivity index (χ3n) is 6.43. The summed E-state index contributed by atoms with van der Waals surface area (Å²) in [6.45, 7) is 0. The Morgan fingerprint density at radius 2 is 1.24 bits per heavy atom. The lowest BCUT2D eigenvalue weighted by Gasteiger charge is -2.09. The average Bonchev–Trinajstić information content (AvgIpc) is 3.31. The van der Waals surface area contributed by atoms with Gasteiger partial charge in [-0.2, -0.15) is 0 Å². The third kappa shape index (κ3) is 2.02. The van der Waals surface area contributed by atoms with Gasteiger partial charge in [-0.15, -0.1) is 0 Å². The van der Waals surface area contributed by atoms with Gasteiger partial charge in [-0.1, -0.05) is 72.8 Å². The summed E-state index contributed by atoms with van der Waals surface area (Å²) in [6, 6.07) is 33.0. The summed E-state index contributed by atoms with van der Waals surface area (Å²) in [5.74, 6) is 0. The number of fused-ring (bicyclic) bond motifs is 6. The van der Waals surface area contributed by atoms with Crippen LogP contribution in [0.15, 0.2) is 91.0 Å². The molecule has 7 rings (SSSR count). The van der Waals surface area contributed by atoms with E-state index in [1.165, 1.54) is 55.5 Å². The van der Waals surface area contributed by atoms with Gasteiger partial charge in [0.15, 0.2) is 0 Å². The van der Waals surface area contributed by atoms with E-state index in [9.17, 15) is 0 Å². The highest BCUT2D eigenvalue weighted by molar-refractivity contribution is 6.14. The minimum Gasteiger partial charge on any atom is -0.248 e. The van der Waals surface area contributed by atoms with Crippen molar-refractivity contribution < 1.29 is 0 Å². The second kappa shape index (κ2) is 5.42. The van der Waals surface area contributed by atoms with Crippen molar-refractivity contribution in [1.29, 1.82) is 0 Å². The molecule has 0 saturated heterocycles. The summed E-state index contributed by atoms with van der Waals surface area (Å²) in [4.78, 5) is 5.06. The van der Waals surface area contributed by atoms with Crippen molar-refractivity contribution in [2.75, 3.05) is 0 Å². The summed E-state index contributed by atoms with van der Waals surface area (Å²) in [5, 5.41) is 1.28. The van der Waals surface area contributed by atoms with Crippen molar-refractivity contribution in [2.24, 2.45) is 0 Å². The van der Waals surface area contributed by atoms with Crippen LogP contribution in [0.25, 0.3) is 55.5 Å². The Balaban J connectivity index is 1.44. The normalized spacial score (nSPS) is 12.7. The molecule has 5 aromatic rings. The Morgan fingerprint density at radius 3 is 2.14 bits per heavy atom. The van der Waals surface area contributed by atoms with Crippen LogP contribution in [0.4, 0.5) is 0 Å². The van der Waals surface area contributed by atoms with E-state index >= 15 is 0 Å². The Labute approximate surface area is 169 Å². The van der Waals surface area contributed by atoms with E-state index in [1.807, 2.05) is 0 Å². The Hall–Kier alpha value is -3.71. The molecule has 2 aliphatic carbocycles. The summed E-state index contributed by atoms with van der Waals surface area (Å²) in [7, 11) is 0. The average molecular weight is 367 g/mol. The van der Waals surface area contributed by atoms with Crippen LogP contribution in [-0.4, -0.2) is 4.98 Å².